The van der Waals surface area contributed by atoms with Crippen LogP contribution in [-0.4, -0.2) is 29.3 Å². The summed E-state index contributed by atoms with van der Waals surface area (Å²) in [7, 11) is 0. The second kappa shape index (κ2) is 7.10. The van der Waals surface area contributed by atoms with E-state index in [1.807, 2.05) is 18.6 Å². The van der Waals surface area contributed by atoms with Gasteiger partial charge in [0.15, 0.2) is 0 Å². The molecule has 1 aliphatic carbocycles. The molecule has 1 radical (unpaired) electrons. The summed E-state index contributed by atoms with van der Waals surface area (Å²) in [5.74, 6) is 1.88. The van der Waals surface area contributed by atoms with Crippen LogP contribution in [0.25, 0.3) is 10.9 Å². The van der Waals surface area contributed by atoms with Gasteiger partial charge in [0.1, 0.15) is 5.75 Å². The van der Waals surface area contributed by atoms with E-state index < -0.39 is 6.36 Å². The van der Waals surface area contributed by atoms with Gasteiger partial charge >= 0.3 is 6.36 Å². The van der Waals surface area contributed by atoms with Gasteiger partial charge in [-0.3, -0.25) is 4.90 Å². The predicted molar refractivity (Wildman–Crippen MR) is 105 cm³/mol. The number of halogens is 3. The number of para-hydroxylation sites is 1. The van der Waals surface area contributed by atoms with Crippen molar-refractivity contribution in [3.05, 3.63) is 72.3 Å². The normalized spacial score (nSPS) is 24.0. The molecule has 2 heterocycles. The van der Waals surface area contributed by atoms with Gasteiger partial charge in [-0.1, -0.05) is 30.3 Å². The Kier molecular flexibility index (Phi) is 4.54. The minimum absolute atomic E-state index is 0.160. The zero-order valence-corrected chi connectivity index (χ0v) is 15.8. The molecule has 1 saturated carbocycles. The summed E-state index contributed by atoms with van der Waals surface area (Å²) < 4.78 is 41.1. The first-order valence-electron chi connectivity index (χ1n) is 9.93. The second-order valence-electron chi connectivity index (χ2n) is 8.11. The molecule has 1 N–H and O–H groups in total. The van der Waals surface area contributed by atoms with E-state index in [1.165, 1.54) is 28.6 Å². The third kappa shape index (κ3) is 3.99. The number of ether oxygens (including phenoxy) is 1. The molecule has 2 unspecified atom stereocenters. The van der Waals surface area contributed by atoms with Crippen LogP contribution in [-0.2, 0) is 6.54 Å². The molecule has 0 amide bonds. The van der Waals surface area contributed by atoms with E-state index in [4.69, 9.17) is 0 Å². The van der Waals surface area contributed by atoms with Crippen LogP contribution in [0.5, 0.6) is 5.75 Å². The zero-order valence-electron chi connectivity index (χ0n) is 15.8. The molecule has 29 heavy (non-hydrogen) atoms. The molecule has 2 atom stereocenters. The lowest BCUT2D eigenvalue weighted by Crippen LogP contribution is -2.24. The summed E-state index contributed by atoms with van der Waals surface area (Å²) in [5, 5.41) is 1.29. The van der Waals surface area contributed by atoms with Gasteiger partial charge in [-0.25, -0.2) is 0 Å². The van der Waals surface area contributed by atoms with E-state index in [9.17, 15) is 13.2 Å². The molecule has 3 aromatic rings. The molecule has 2 fully saturated rings. The van der Waals surface area contributed by atoms with Gasteiger partial charge < -0.3 is 9.72 Å². The standard InChI is InChI=1S/C23H22F3N2O/c24-23(25,26)29-17-5-3-4-15(10-17)8-9-19-20-13-28(14-21(19)20)12-16-11-27-22-7-2-1-6-18(16)22/h1-8,10-11,19-21,27H,9,12-14H2. The van der Waals surface area contributed by atoms with Crippen molar-refractivity contribution in [2.75, 3.05) is 13.1 Å². The Morgan fingerprint density at radius 1 is 1.07 bits per heavy atom. The molecule has 3 nitrogen and oxygen atoms in total. The van der Waals surface area contributed by atoms with Gasteiger partial charge in [-0.2, -0.15) is 0 Å². The Morgan fingerprint density at radius 3 is 2.66 bits per heavy atom. The predicted octanol–water partition coefficient (Wildman–Crippen LogP) is 5.39. The highest BCUT2D eigenvalue weighted by Gasteiger charge is 2.54. The van der Waals surface area contributed by atoms with Crippen molar-refractivity contribution in [1.29, 1.82) is 0 Å². The maximum absolute atomic E-state index is 12.4. The van der Waals surface area contributed by atoms with Crippen molar-refractivity contribution in [1.82, 2.24) is 9.88 Å². The molecule has 151 valence electrons. The summed E-state index contributed by atoms with van der Waals surface area (Å²) in [4.78, 5) is 5.85. The van der Waals surface area contributed by atoms with Crippen LogP contribution in [0.15, 0.2) is 54.7 Å². The highest BCUT2D eigenvalue weighted by atomic mass is 19.4. The molecular formula is C23H22F3N2O. The summed E-state index contributed by atoms with van der Waals surface area (Å²) in [6.45, 7) is 3.16. The first-order chi connectivity index (χ1) is 14.0. The van der Waals surface area contributed by atoms with Gasteiger partial charge in [0, 0.05) is 36.7 Å². The molecule has 0 spiro atoms. The third-order valence-electron chi connectivity index (χ3n) is 6.23. The van der Waals surface area contributed by atoms with Crippen LogP contribution < -0.4 is 4.74 Å². The fourth-order valence-electron chi connectivity index (χ4n) is 4.83. The number of nitrogens with zero attached hydrogens (tertiary/aromatic N) is 1. The van der Waals surface area contributed by atoms with Crippen molar-refractivity contribution in [2.45, 2.75) is 19.3 Å². The van der Waals surface area contributed by atoms with Gasteiger partial charge in [0.05, 0.1) is 0 Å². The zero-order chi connectivity index (χ0) is 20.0. The van der Waals surface area contributed by atoms with Crippen LogP contribution in [0.1, 0.15) is 17.5 Å². The fourth-order valence-corrected chi connectivity index (χ4v) is 4.83. The molecule has 2 aromatic carbocycles. The van der Waals surface area contributed by atoms with Crippen LogP contribution in [0, 0.1) is 24.2 Å². The van der Waals surface area contributed by atoms with Crippen molar-refractivity contribution in [3.8, 4) is 5.75 Å². The summed E-state index contributed by atoms with van der Waals surface area (Å²) in [5.41, 5.74) is 3.30. The lowest BCUT2D eigenvalue weighted by Gasteiger charge is -2.19. The highest BCUT2D eigenvalue weighted by molar-refractivity contribution is 5.82. The number of fused-ring (bicyclic) bond motifs is 2. The van der Waals surface area contributed by atoms with Crippen molar-refractivity contribution >= 4 is 10.9 Å². The van der Waals surface area contributed by atoms with E-state index in [2.05, 4.69) is 39.0 Å². The summed E-state index contributed by atoms with van der Waals surface area (Å²) in [6.07, 6.45) is 0.401. The minimum atomic E-state index is -4.65. The fraction of sp³-hybridized carbons (Fsp3) is 0.348. The lowest BCUT2D eigenvalue weighted by atomic mass is 10.0. The van der Waals surface area contributed by atoms with Crippen LogP contribution in [0.4, 0.5) is 13.2 Å². The SMILES string of the molecule is FC(F)(F)Oc1cccc([CH]CC2C3CN(Cc4c[nH]c5ccccc45)CC23)c1. The van der Waals surface area contributed by atoms with E-state index in [-0.39, 0.29) is 5.75 Å². The van der Waals surface area contributed by atoms with Crippen LogP contribution in [0.3, 0.4) is 0 Å². The van der Waals surface area contributed by atoms with Gasteiger partial charge in [0.2, 0.25) is 0 Å². The number of aromatic nitrogens is 1. The average molecular weight is 399 g/mol. The Balaban J connectivity index is 1.12. The molecule has 6 heteroatoms. The average Bonchev–Trinajstić information content (AvgIpc) is 3.01. The molecule has 1 aromatic heterocycles. The van der Waals surface area contributed by atoms with Crippen LogP contribution >= 0.6 is 0 Å². The Morgan fingerprint density at radius 2 is 1.86 bits per heavy atom. The topological polar surface area (TPSA) is 28.3 Å². The Hall–Kier alpha value is -2.47. The molecular weight excluding hydrogens is 377 g/mol. The lowest BCUT2D eigenvalue weighted by molar-refractivity contribution is -0.274. The van der Waals surface area contributed by atoms with Crippen molar-refractivity contribution in [3.63, 3.8) is 0 Å². The van der Waals surface area contributed by atoms with E-state index in [1.54, 1.807) is 6.07 Å². The maximum Gasteiger partial charge on any atom is 0.573 e. The first-order valence-corrected chi connectivity index (χ1v) is 9.93. The summed E-state index contributed by atoms with van der Waals surface area (Å²) >= 11 is 0. The number of hydrogen-bond donors (Lipinski definition) is 1. The van der Waals surface area contributed by atoms with Crippen molar-refractivity contribution < 1.29 is 17.9 Å². The number of rotatable bonds is 6. The monoisotopic (exact) mass is 399 g/mol. The third-order valence-corrected chi connectivity index (χ3v) is 6.23. The van der Waals surface area contributed by atoms with Crippen molar-refractivity contribution in [2.24, 2.45) is 17.8 Å². The largest absolute Gasteiger partial charge is 0.573 e. The van der Waals surface area contributed by atoms with Crippen LogP contribution in [0.2, 0.25) is 0 Å². The molecule has 5 rings (SSSR count). The van der Waals surface area contributed by atoms with E-state index in [0.29, 0.717) is 17.8 Å². The maximum atomic E-state index is 12.4. The van der Waals surface area contributed by atoms with Gasteiger partial charge in [-0.05, 0) is 59.9 Å². The summed E-state index contributed by atoms with van der Waals surface area (Å²) in [6, 6.07) is 14.6. The number of benzene rings is 2. The minimum Gasteiger partial charge on any atom is -0.406 e. The quantitative estimate of drug-likeness (QED) is 0.602. The number of alkyl halides is 3. The van der Waals surface area contributed by atoms with Gasteiger partial charge in [0.25, 0.3) is 0 Å². The van der Waals surface area contributed by atoms with E-state index >= 15 is 0 Å². The number of hydrogen-bond acceptors (Lipinski definition) is 2. The molecule has 1 aliphatic heterocycles. The second-order valence-corrected chi connectivity index (χ2v) is 8.11. The molecule has 0 bridgehead atoms. The number of H-pyrrole nitrogens is 1. The molecule has 1 saturated heterocycles. The number of piperidine rings is 1. The number of aromatic amines is 1. The first kappa shape index (κ1) is 18.6. The Bertz CT molecular complexity index is 1000. The highest BCUT2D eigenvalue weighted by Crippen LogP contribution is 2.54. The number of likely N-dealkylation sites (tertiary alicyclic amines) is 1. The van der Waals surface area contributed by atoms with E-state index in [0.717, 1.165) is 31.6 Å². The van der Waals surface area contributed by atoms with Gasteiger partial charge in [-0.15, -0.1) is 13.2 Å². The molecule has 2 aliphatic rings. The number of nitrogens with one attached hydrogen (secondary N) is 1. The smallest absolute Gasteiger partial charge is 0.406 e. The Labute approximate surface area is 167 Å².